The van der Waals surface area contributed by atoms with Gasteiger partial charge < -0.3 is 14.6 Å². The van der Waals surface area contributed by atoms with E-state index in [2.05, 4.69) is 6.07 Å². The van der Waals surface area contributed by atoms with Gasteiger partial charge in [-0.2, -0.15) is 0 Å². The van der Waals surface area contributed by atoms with E-state index < -0.39 is 0 Å². The van der Waals surface area contributed by atoms with Crippen LogP contribution in [0.15, 0.2) is 18.2 Å². The van der Waals surface area contributed by atoms with Gasteiger partial charge in [-0.3, -0.25) is 0 Å². The number of hydrogen-bond acceptors (Lipinski definition) is 3. The van der Waals surface area contributed by atoms with Crippen LogP contribution in [0.2, 0.25) is 0 Å². The molecule has 1 N–H and O–H groups in total. The summed E-state index contributed by atoms with van der Waals surface area (Å²) in [5, 5.41) is 9.56. The lowest BCUT2D eigenvalue weighted by molar-refractivity contribution is 0.0498. The highest BCUT2D eigenvalue weighted by molar-refractivity contribution is 5.42. The van der Waals surface area contributed by atoms with Crippen LogP contribution in [-0.2, 0) is 17.6 Å². The number of aliphatic hydroxyl groups is 1. The third kappa shape index (κ3) is 2.30. The minimum absolute atomic E-state index is 0.199. The van der Waals surface area contributed by atoms with Crippen LogP contribution in [-0.4, -0.2) is 25.1 Å². The Bertz CT molecular complexity index is 336. The summed E-state index contributed by atoms with van der Waals surface area (Å²) in [7, 11) is 1.61. The van der Waals surface area contributed by atoms with Crippen molar-refractivity contribution in [3.05, 3.63) is 29.3 Å². The Morgan fingerprint density at radius 3 is 3.13 bits per heavy atom. The highest BCUT2D eigenvalue weighted by atomic mass is 16.7. The number of fused-ring (bicyclic) bond motifs is 1. The Labute approximate surface area is 89.6 Å². The van der Waals surface area contributed by atoms with Crippen molar-refractivity contribution in [2.75, 3.05) is 13.9 Å². The second kappa shape index (κ2) is 4.64. The summed E-state index contributed by atoms with van der Waals surface area (Å²) >= 11 is 0. The summed E-state index contributed by atoms with van der Waals surface area (Å²) in [6.07, 6.45) is 2.24. The van der Waals surface area contributed by atoms with E-state index in [-0.39, 0.29) is 12.9 Å². The Morgan fingerprint density at radius 2 is 2.33 bits per heavy atom. The summed E-state index contributed by atoms with van der Waals surface area (Å²) in [6, 6.07) is 5.97. The maximum absolute atomic E-state index is 9.56. The number of methoxy groups -OCH3 is 1. The molecule has 1 aliphatic carbocycles. The van der Waals surface area contributed by atoms with Gasteiger partial charge in [-0.25, -0.2) is 0 Å². The molecule has 2 rings (SSSR count). The van der Waals surface area contributed by atoms with Crippen molar-refractivity contribution in [3.8, 4) is 5.75 Å². The number of benzene rings is 1. The zero-order chi connectivity index (χ0) is 10.7. The molecule has 1 aliphatic rings. The largest absolute Gasteiger partial charge is 0.467 e. The minimum atomic E-state index is -0.199. The van der Waals surface area contributed by atoms with Crippen LogP contribution < -0.4 is 4.74 Å². The lowest BCUT2D eigenvalue weighted by Gasteiger charge is -2.22. The molecule has 3 nitrogen and oxygen atoms in total. The predicted octanol–water partition coefficient (Wildman–Crippen LogP) is 1.52. The molecule has 3 heteroatoms. The predicted molar refractivity (Wildman–Crippen MR) is 57.0 cm³/mol. The Kier molecular flexibility index (Phi) is 3.23. The van der Waals surface area contributed by atoms with Crippen LogP contribution in [0.5, 0.6) is 5.75 Å². The van der Waals surface area contributed by atoms with Crippen molar-refractivity contribution < 1.29 is 14.6 Å². The average Bonchev–Trinajstić information content (AvgIpc) is 2.25. The van der Waals surface area contributed by atoms with Crippen LogP contribution in [0.3, 0.4) is 0 Å². The average molecular weight is 208 g/mol. The lowest BCUT2D eigenvalue weighted by Crippen LogP contribution is -2.19. The molecule has 0 radical (unpaired) electrons. The van der Waals surface area contributed by atoms with Gasteiger partial charge in [-0.05, 0) is 36.5 Å². The van der Waals surface area contributed by atoms with Crippen molar-refractivity contribution in [1.29, 1.82) is 0 Å². The van der Waals surface area contributed by atoms with E-state index in [9.17, 15) is 5.11 Å². The van der Waals surface area contributed by atoms with Crippen molar-refractivity contribution in [1.82, 2.24) is 0 Å². The summed E-state index contributed by atoms with van der Waals surface area (Å²) < 4.78 is 10.4. The number of aliphatic hydroxyl groups excluding tert-OH is 1. The Balaban J connectivity index is 2.21. The van der Waals surface area contributed by atoms with Gasteiger partial charge in [0.05, 0.1) is 6.10 Å². The molecule has 15 heavy (non-hydrogen) atoms. The number of rotatable bonds is 3. The first-order valence-corrected chi connectivity index (χ1v) is 5.22. The highest BCUT2D eigenvalue weighted by Gasteiger charge is 2.19. The van der Waals surface area contributed by atoms with Crippen LogP contribution in [0.1, 0.15) is 17.5 Å². The molecular weight excluding hydrogens is 192 g/mol. The molecule has 0 spiro atoms. The van der Waals surface area contributed by atoms with Crippen LogP contribution in [0.4, 0.5) is 0 Å². The topological polar surface area (TPSA) is 38.7 Å². The van der Waals surface area contributed by atoms with Gasteiger partial charge in [0.1, 0.15) is 5.75 Å². The van der Waals surface area contributed by atoms with Crippen LogP contribution >= 0.6 is 0 Å². The molecule has 1 aromatic rings. The standard InChI is InChI=1S/C12H16O3/c1-14-8-15-12-4-2-3-9-7-10(13)5-6-11(9)12/h2-4,10,13H,5-8H2,1H3. The third-order valence-electron chi connectivity index (χ3n) is 2.75. The van der Waals surface area contributed by atoms with Gasteiger partial charge in [0.15, 0.2) is 6.79 Å². The van der Waals surface area contributed by atoms with Gasteiger partial charge in [0.25, 0.3) is 0 Å². The molecule has 0 aromatic heterocycles. The highest BCUT2D eigenvalue weighted by Crippen LogP contribution is 2.29. The second-order valence-corrected chi connectivity index (χ2v) is 3.84. The molecule has 0 saturated carbocycles. The van der Waals surface area contributed by atoms with Gasteiger partial charge in [0.2, 0.25) is 0 Å². The van der Waals surface area contributed by atoms with E-state index in [1.54, 1.807) is 7.11 Å². The monoisotopic (exact) mass is 208 g/mol. The fraction of sp³-hybridized carbons (Fsp3) is 0.500. The second-order valence-electron chi connectivity index (χ2n) is 3.84. The molecule has 0 aliphatic heterocycles. The summed E-state index contributed by atoms with van der Waals surface area (Å²) in [5.41, 5.74) is 2.42. The first-order chi connectivity index (χ1) is 7.31. The van der Waals surface area contributed by atoms with E-state index in [4.69, 9.17) is 9.47 Å². The van der Waals surface area contributed by atoms with Crippen LogP contribution in [0.25, 0.3) is 0 Å². The minimum Gasteiger partial charge on any atom is -0.467 e. The Hall–Kier alpha value is -1.06. The van der Waals surface area contributed by atoms with Gasteiger partial charge in [-0.1, -0.05) is 12.1 Å². The van der Waals surface area contributed by atoms with Crippen LogP contribution in [0, 0.1) is 0 Å². The summed E-state index contributed by atoms with van der Waals surface area (Å²) in [4.78, 5) is 0. The number of ether oxygens (including phenoxy) is 2. The van der Waals surface area contributed by atoms with E-state index in [0.29, 0.717) is 0 Å². The smallest absolute Gasteiger partial charge is 0.188 e. The molecule has 0 heterocycles. The molecule has 1 unspecified atom stereocenters. The molecule has 82 valence electrons. The van der Waals surface area contributed by atoms with Crippen molar-refractivity contribution in [2.45, 2.75) is 25.4 Å². The van der Waals surface area contributed by atoms with E-state index >= 15 is 0 Å². The van der Waals surface area contributed by atoms with Crippen molar-refractivity contribution in [2.24, 2.45) is 0 Å². The SMILES string of the molecule is COCOc1cccc2c1CCC(O)C2. The van der Waals surface area contributed by atoms with Crippen molar-refractivity contribution >= 4 is 0 Å². The summed E-state index contributed by atoms with van der Waals surface area (Å²) in [6.45, 7) is 0.277. The maximum atomic E-state index is 9.56. The zero-order valence-electron chi connectivity index (χ0n) is 8.90. The van der Waals surface area contributed by atoms with Crippen molar-refractivity contribution in [3.63, 3.8) is 0 Å². The number of hydrogen-bond donors (Lipinski definition) is 1. The first kappa shape index (κ1) is 10.5. The normalized spacial score (nSPS) is 19.7. The third-order valence-corrected chi connectivity index (χ3v) is 2.75. The molecule has 0 saturated heterocycles. The zero-order valence-corrected chi connectivity index (χ0v) is 8.90. The van der Waals surface area contributed by atoms with E-state index in [1.807, 2.05) is 12.1 Å². The molecule has 1 aromatic carbocycles. The molecule has 0 bridgehead atoms. The lowest BCUT2D eigenvalue weighted by atomic mass is 9.89. The van der Waals surface area contributed by atoms with E-state index in [0.717, 1.165) is 25.0 Å². The first-order valence-electron chi connectivity index (χ1n) is 5.22. The van der Waals surface area contributed by atoms with Gasteiger partial charge in [0, 0.05) is 7.11 Å². The van der Waals surface area contributed by atoms with Gasteiger partial charge >= 0.3 is 0 Å². The maximum Gasteiger partial charge on any atom is 0.188 e. The van der Waals surface area contributed by atoms with Gasteiger partial charge in [-0.15, -0.1) is 0 Å². The molecular formula is C12H16O3. The quantitative estimate of drug-likeness (QED) is 0.765. The van der Waals surface area contributed by atoms with E-state index in [1.165, 1.54) is 11.1 Å². The molecule has 0 fully saturated rings. The Morgan fingerprint density at radius 1 is 1.47 bits per heavy atom. The fourth-order valence-corrected chi connectivity index (χ4v) is 2.01. The fourth-order valence-electron chi connectivity index (χ4n) is 2.01. The summed E-state index contributed by atoms with van der Waals surface area (Å²) in [5.74, 6) is 0.890. The molecule has 1 atom stereocenters. The molecule has 0 amide bonds.